The molecule has 0 atom stereocenters. The van der Waals surface area contributed by atoms with Gasteiger partial charge in [-0.3, -0.25) is 4.79 Å². The summed E-state index contributed by atoms with van der Waals surface area (Å²) in [5, 5.41) is 0. The van der Waals surface area contributed by atoms with Gasteiger partial charge in [-0.15, -0.1) is 0 Å². The van der Waals surface area contributed by atoms with E-state index >= 15 is 0 Å². The number of Topliss-reactive ketones (excluding diaryl/α,β-unsaturated/α-hetero) is 1. The van der Waals surface area contributed by atoms with E-state index < -0.39 is 0 Å². The number of nitrogens with two attached hydrogens (primary N) is 1. The zero-order valence-electron chi connectivity index (χ0n) is 12.8. The minimum Gasteiger partial charge on any atom is -0.487 e. The van der Waals surface area contributed by atoms with Crippen LogP contribution in [0.2, 0.25) is 0 Å². The van der Waals surface area contributed by atoms with Crippen molar-refractivity contribution in [2.24, 2.45) is 0 Å². The van der Waals surface area contributed by atoms with Gasteiger partial charge in [-0.1, -0.05) is 6.92 Å². The summed E-state index contributed by atoms with van der Waals surface area (Å²) < 4.78 is 21.1. The Balaban J connectivity index is 2.97. The Morgan fingerprint density at radius 1 is 1.00 bits per heavy atom. The largest absolute Gasteiger partial charge is 0.487 e. The van der Waals surface area contributed by atoms with Crippen molar-refractivity contribution in [1.29, 1.82) is 0 Å². The highest BCUT2D eigenvalue weighted by Gasteiger charge is 2.15. The Hall–Kier alpha value is -1.79. The summed E-state index contributed by atoms with van der Waals surface area (Å²) in [5.41, 5.74) is 6.74. The Morgan fingerprint density at radius 3 is 2.00 bits per heavy atom. The fourth-order valence-electron chi connectivity index (χ4n) is 1.70. The SMILES string of the molecule is CCC(=O)c1cc(OCCOC)c(OCCOC)cc1N. The van der Waals surface area contributed by atoms with Gasteiger partial charge in [0.25, 0.3) is 0 Å². The molecule has 0 heterocycles. The van der Waals surface area contributed by atoms with Crippen LogP contribution in [0.5, 0.6) is 11.5 Å². The molecule has 118 valence electrons. The quantitative estimate of drug-likeness (QED) is 0.404. The summed E-state index contributed by atoms with van der Waals surface area (Å²) in [5.74, 6) is 0.940. The first-order chi connectivity index (χ1) is 10.1. The highest BCUT2D eigenvalue weighted by Crippen LogP contribution is 2.33. The van der Waals surface area contributed by atoms with Crippen LogP contribution in [-0.2, 0) is 9.47 Å². The first kappa shape index (κ1) is 17.3. The third-order valence-electron chi connectivity index (χ3n) is 2.83. The van der Waals surface area contributed by atoms with Crippen LogP contribution in [0.15, 0.2) is 12.1 Å². The number of ether oxygens (including phenoxy) is 4. The molecule has 1 aromatic carbocycles. The van der Waals surface area contributed by atoms with Crippen LogP contribution >= 0.6 is 0 Å². The molecular weight excluding hydrogens is 274 g/mol. The molecule has 0 unspecified atom stereocenters. The number of hydrogen-bond donors (Lipinski definition) is 1. The van der Waals surface area contributed by atoms with Crippen LogP contribution in [0.4, 0.5) is 5.69 Å². The van der Waals surface area contributed by atoms with E-state index in [-0.39, 0.29) is 5.78 Å². The molecule has 0 aliphatic rings. The predicted molar refractivity (Wildman–Crippen MR) is 80.2 cm³/mol. The Bertz CT molecular complexity index is 462. The van der Waals surface area contributed by atoms with E-state index in [9.17, 15) is 4.79 Å². The first-order valence-corrected chi connectivity index (χ1v) is 6.84. The molecule has 6 nitrogen and oxygen atoms in total. The standard InChI is InChI=1S/C15H23NO5/c1-4-13(17)11-9-14(20-7-5-18-2)15(10-12(11)16)21-8-6-19-3/h9-10H,4-8,16H2,1-3H3. The molecule has 2 N–H and O–H groups in total. The summed E-state index contributed by atoms with van der Waals surface area (Å²) in [7, 11) is 3.19. The topological polar surface area (TPSA) is 80.0 Å². The number of nitrogen functional groups attached to an aromatic ring is 1. The lowest BCUT2D eigenvalue weighted by Gasteiger charge is -2.15. The number of ketones is 1. The van der Waals surface area contributed by atoms with Gasteiger partial charge in [0.1, 0.15) is 13.2 Å². The van der Waals surface area contributed by atoms with Gasteiger partial charge in [0, 0.05) is 38.0 Å². The van der Waals surface area contributed by atoms with E-state index in [0.717, 1.165) is 0 Å². The molecule has 0 aliphatic heterocycles. The number of benzene rings is 1. The second-order valence-corrected chi connectivity index (χ2v) is 4.35. The maximum absolute atomic E-state index is 11.9. The van der Waals surface area contributed by atoms with Gasteiger partial charge >= 0.3 is 0 Å². The van der Waals surface area contributed by atoms with E-state index in [0.29, 0.717) is 55.6 Å². The van der Waals surface area contributed by atoms with Crippen LogP contribution in [0.25, 0.3) is 0 Å². The molecule has 0 saturated carbocycles. The van der Waals surface area contributed by atoms with E-state index in [1.54, 1.807) is 33.3 Å². The normalized spacial score (nSPS) is 10.4. The maximum atomic E-state index is 11.9. The monoisotopic (exact) mass is 297 g/mol. The lowest BCUT2D eigenvalue weighted by molar-refractivity contribution is 0.0988. The van der Waals surface area contributed by atoms with Crippen molar-refractivity contribution in [3.63, 3.8) is 0 Å². The molecule has 1 aromatic rings. The predicted octanol–water partition coefficient (Wildman–Crippen LogP) is 1.91. The van der Waals surface area contributed by atoms with Crippen molar-refractivity contribution < 1.29 is 23.7 Å². The molecule has 0 saturated heterocycles. The summed E-state index contributed by atoms with van der Waals surface area (Å²) in [6, 6.07) is 3.24. The van der Waals surface area contributed by atoms with Crippen molar-refractivity contribution in [3.8, 4) is 11.5 Å². The van der Waals surface area contributed by atoms with Crippen molar-refractivity contribution in [2.75, 3.05) is 46.4 Å². The minimum absolute atomic E-state index is 0.0347. The average molecular weight is 297 g/mol. The summed E-state index contributed by atoms with van der Waals surface area (Å²) >= 11 is 0. The number of rotatable bonds is 10. The Morgan fingerprint density at radius 2 is 1.52 bits per heavy atom. The van der Waals surface area contributed by atoms with Gasteiger partial charge in [0.05, 0.1) is 13.2 Å². The van der Waals surface area contributed by atoms with Gasteiger partial charge < -0.3 is 24.7 Å². The van der Waals surface area contributed by atoms with Crippen LogP contribution in [-0.4, -0.2) is 46.4 Å². The highest BCUT2D eigenvalue weighted by molar-refractivity contribution is 6.01. The van der Waals surface area contributed by atoms with Crippen molar-refractivity contribution in [2.45, 2.75) is 13.3 Å². The lowest BCUT2D eigenvalue weighted by atomic mass is 10.1. The molecule has 21 heavy (non-hydrogen) atoms. The van der Waals surface area contributed by atoms with Gasteiger partial charge in [0.2, 0.25) is 0 Å². The van der Waals surface area contributed by atoms with Gasteiger partial charge in [-0.05, 0) is 6.07 Å². The van der Waals surface area contributed by atoms with Crippen molar-refractivity contribution >= 4 is 11.5 Å². The molecule has 1 rings (SSSR count). The molecule has 0 fully saturated rings. The van der Waals surface area contributed by atoms with Gasteiger partial charge in [-0.25, -0.2) is 0 Å². The zero-order chi connectivity index (χ0) is 15.7. The van der Waals surface area contributed by atoms with Gasteiger partial charge in [0.15, 0.2) is 17.3 Å². The third-order valence-corrected chi connectivity index (χ3v) is 2.83. The van der Waals surface area contributed by atoms with E-state index in [4.69, 9.17) is 24.7 Å². The zero-order valence-corrected chi connectivity index (χ0v) is 12.8. The van der Waals surface area contributed by atoms with E-state index in [1.807, 2.05) is 0 Å². The smallest absolute Gasteiger partial charge is 0.164 e. The Labute approximate surface area is 125 Å². The second kappa shape index (κ2) is 9.20. The number of carbonyl (C=O) groups excluding carboxylic acids is 1. The molecule has 0 spiro atoms. The van der Waals surface area contributed by atoms with Crippen LogP contribution < -0.4 is 15.2 Å². The third kappa shape index (κ3) is 5.24. The van der Waals surface area contributed by atoms with Crippen molar-refractivity contribution in [1.82, 2.24) is 0 Å². The van der Waals surface area contributed by atoms with E-state index in [2.05, 4.69) is 0 Å². The molecule has 0 amide bonds. The molecule has 6 heteroatoms. The number of carbonyl (C=O) groups is 1. The number of hydrogen-bond acceptors (Lipinski definition) is 6. The van der Waals surface area contributed by atoms with Crippen molar-refractivity contribution in [3.05, 3.63) is 17.7 Å². The Kier molecular flexibility index (Phi) is 7.56. The van der Waals surface area contributed by atoms with Crippen LogP contribution in [0.3, 0.4) is 0 Å². The molecule has 0 bridgehead atoms. The fraction of sp³-hybridized carbons (Fsp3) is 0.533. The molecule has 0 radical (unpaired) electrons. The summed E-state index contributed by atoms with van der Waals surface area (Å²) in [6.45, 7) is 3.42. The highest BCUT2D eigenvalue weighted by atomic mass is 16.5. The molecular formula is C15H23NO5. The summed E-state index contributed by atoms with van der Waals surface area (Å²) in [6.07, 6.45) is 0.381. The van der Waals surface area contributed by atoms with E-state index in [1.165, 1.54) is 0 Å². The van der Waals surface area contributed by atoms with Gasteiger partial charge in [-0.2, -0.15) is 0 Å². The first-order valence-electron chi connectivity index (χ1n) is 6.84. The average Bonchev–Trinajstić information content (AvgIpc) is 2.49. The van der Waals surface area contributed by atoms with Crippen LogP contribution in [0.1, 0.15) is 23.7 Å². The number of methoxy groups -OCH3 is 2. The second-order valence-electron chi connectivity index (χ2n) is 4.35. The lowest BCUT2D eigenvalue weighted by Crippen LogP contribution is -2.11. The maximum Gasteiger partial charge on any atom is 0.164 e. The minimum atomic E-state index is -0.0347. The summed E-state index contributed by atoms with van der Waals surface area (Å²) in [4.78, 5) is 11.9. The molecule has 0 aliphatic carbocycles. The fourth-order valence-corrected chi connectivity index (χ4v) is 1.70. The molecule has 0 aromatic heterocycles. The van der Waals surface area contributed by atoms with Crippen LogP contribution in [0, 0.1) is 0 Å². The number of anilines is 1.